The Balaban J connectivity index is 1.45. The van der Waals surface area contributed by atoms with E-state index in [2.05, 4.69) is 20.9 Å². The number of rotatable bonds is 6. The molecule has 0 atom stereocenters. The molecule has 3 heterocycles. The number of anilines is 1. The number of hydrogen-bond donors (Lipinski definition) is 0. The van der Waals surface area contributed by atoms with E-state index < -0.39 is 0 Å². The molecular weight excluding hydrogens is 310 g/mol. The van der Waals surface area contributed by atoms with Crippen LogP contribution >= 0.6 is 0 Å². The molecular formula is C17H25N3O4. The van der Waals surface area contributed by atoms with Crippen LogP contribution in [0.4, 0.5) is 5.69 Å². The second-order valence-corrected chi connectivity index (χ2v) is 5.90. The van der Waals surface area contributed by atoms with E-state index in [1.807, 2.05) is 19.2 Å². The van der Waals surface area contributed by atoms with Crippen LogP contribution in [0.3, 0.4) is 0 Å². The molecule has 7 heteroatoms. The molecule has 0 aliphatic carbocycles. The normalized spacial score (nSPS) is 19.6. The molecule has 2 aliphatic heterocycles. The summed E-state index contributed by atoms with van der Waals surface area (Å²) in [5.74, 6) is -0.115. The lowest BCUT2D eigenvalue weighted by atomic mass is 10.2. The highest BCUT2D eigenvalue weighted by molar-refractivity contribution is 5.69. The van der Waals surface area contributed by atoms with Crippen molar-refractivity contribution in [2.45, 2.75) is 19.6 Å². The van der Waals surface area contributed by atoms with Crippen LogP contribution in [0.15, 0.2) is 18.3 Å². The van der Waals surface area contributed by atoms with E-state index in [1.165, 1.54) is 0 Å². The lowest BCUT2D eigenvalue weighted by molar-refractivity contribution is -0.143. The summed E-state index contributed by atoms with van der Waals surface area (Å²) < 4.78 is 15.9. The van der Waals surface area contributed by atoms with Gasteiger partial charge in [-0.3, -0.25) is 14.7 Å². The Bertz CT molecular complexity index is 523. The van der Waals surface area contributed by atoms with Crippen molar-refractivity contribution in [2.24, 2.45) is 0 Å². The van der Waals surface area contributed by atoms with Crippen molar-refractivity contribution >= 4 is 11.7 Å². The van der Waals surface area contributed by atoms with Gasteiger partial charge in [0.2, 0.25) is 6.29 Å². The summed E-state index contributed by atoms with van der Waals surface area (Å²) in [6.45, 7) is 8.05. The van der Waals surface area contributed by atoms with E-state index in [0.29, 0.717) is 26.2 Å². The van der Waals surface area contributed by atoms with Gasteiger partial charge in [0.25, 0.3) is 0 Å². The van der Waals surface area contributed by atoms with Crippen molar-refractivity contribution in [3.8, 4) is 0 Å². The molecule has 24 heavy (non-hydrogen) atoms. The molecule has 3 rings (SSSR count). The Morgan fingerprint density at radius 2 is 2.00 bits per heavy atom. The van der Waals surface area contributed by atoms with Crippen LogP contribution in [0.1, 0.15) is 25.3 Å². The third-order valence-corrected chi connectivity index (χ3v) is 4.31. The maximum Gasteiger partial charge on any atom is 0.307 e. The minimum atomic E-state index is -0.321. The van der Waals surface area contributed by atoms with Crippen LogP contribution in [0.5, 0.6) is 0 Å². The molecule has 0 aromatic carbocycles. The molecule has 2 aliphatic rings. The molecule has 132 valence electrons. The van der Waals surface area contributed by atoms with Crippen molar-refractivity contribution < 1.29 is 19.0 Å². The third-order valence-electron chi connectivity index (χ3n) is 4.31. The van der Waals surface area contributed by atoms with Crippen molar-refractivity contribution in [1.29, 1.82) is 0 Å². The molecule has 2 saturated heterocycles. The summed E-state index contributed by atoms with van der Waals surface area (Å²) in [5.41, 5.74) is 1.94. The topological polar surface area (TPSA) is 64.1 Å². The van der Waals surface area contributed by atoms with Crippen LogP contribution in [0, 0.1) is 0 Å². The van der Waals surface area contributed by atoms with Gasteiger partial charge >= 0.3 is 5.97 Å². The smallest absolute Gasteiger partial charge is 0.307 e. The highest BCUT2D eigenvalue weighted by Gasteiger charge is 2.21. The molecule has 0 N–H and O–H groups in total. The first-order chi connectivity index (χ1) is 11.8. The summed E-state index contributed by atoms with van der Waals surface area (Å²) >= 11 is 0. The van der Waals surface area contributed by atoms with Gasteiger partial charge in [-0.15, -0.1) is 0 Å². The van der Waals surface area contributed by atoms with Gasteiger partial charge in [0.1, 0.15) is 0 Å². The van der Waals surface area contributed by atoms with E-state index >= 15 is 0 Å². The van der Waals surface area contributed by atoms with Gasteiger partial charge in [-0.25, -0.2) is 0 Å². The molecule has 1 aromatic heterocycles. The number of esters is 1. The fourth-order valence-electron chi connectivity index (χ4n) is 2.97. The number of nitrogens with zero attached hydrogens (tertiary/aromatic N) is 3. The largest absolute Gasteiger partial charge is 0.466 e. The van der Waals surface area contributed by atoms with E-state index in [4.69, 9.17) is 14.2 Å². The number of aromatic nitrogens is 1. The van der Waals surface area contributed by atoms with Crippen molar-refractivity contribution in [1.82, 2.24) is 9.88 Å². The Morgan fingerprint density at radius 3 is 2.62 bits per heavy atom. The maximum absolute atomic E-state index is 11.4. The number of hydrogen-bond acceptors (Lipinski definition) is 7. The summed E-state index contributed by atoms with van der Waals surface area (Å²) in [6.07, 6.45) is 2.03. The lowest BCUT2D eigenvalue weighted by Gasteiger charge is -2.35. The average Bonchev–Trinajstić information content (AvgIpc) is 3.16. The van der Waals surface area contributed by atoms with Crippen LogP contribution in [0.25, 0.3) is 0 Å². The second kappa shape index (κ2) is 8.41. The second-order valence-electron chi connectivity index (χ2n) is 5.90. The first-order valence-electron chi connectivity index (χ1n) is 8.58. The zero-order valence-electron chi connectivity index (χ0n) is 14.1. The number of pyridine rings is 1. The van der Waals surface area contributed by atoms with Crippen molar-refractivity contribution in [2.75, 3.05) is 57.4 Å². The van der Waals surface area contributed by atoms with Gasteiger partial charge in [0.05, 0.1) is 43.8 Å². The minimum Gasteiger partial charge on any atom is -0.466 e. The Morgan fingerprint density at radius 1 is 1.25 bits per heavy atom. The summed E-state index contributed by atoms with van der Waals surface area (Å²) in [6, 6.07) is 4.04. The molecule has 0 spiro atoms. The number of carbonyl (C=O) groups is 1. The minimum absolute atomic E-state index is 0.115. The Hall–Kier alpha value is -1.70. The third kappa shape index (κ3) is 4.43. The number of piperazine rings is 1. The molecule has 0 amide bonds. The molecule has 0 saturated carbocycles. The molecule has 1 aromatic rings. The van der Waals surface area contributed by atoms with E-state index in [9.17, 15) is 4.79 Å². The van der Waals surface area contributed by atoms with Gasteiger partial charge < -0.3 is 19.1 Å². The zero-order valence-corrected chi connectivity index (χ0v) is 14.1. The fourth-order valence-corrected chi connectivity index (χ4v) is 2.97. The summed E-state index contributed by atoms with van der Waals surface area (Å²) in [7, 11) is 0. The number of carbonyl (C=O) groups excluding carboxylic acids is 1. The van der Waals surface area contributed by atoms with Crippen molar-refractivity contribution in [3.63, 3.8) is 0 Å². The predicted octanol–water partition coefficient (Wildman–Crippen LogP) is 1.20. The number of ether oxygens (including phenoxy) is 3. The van der Waals surface area contributed by atoms with Crippen LogP contribution in [-0.4, -0.2) is 68.4 Å². The first kappa shape index (κ1) is 17.1. The molecule has 0 unspecified atom stereocenters. The van der Waals surface area contributed by atoms with Gasteiger partial charge in [-0.2, -0.15) is 0 Å². The highest BCUT2D eigenvalue weighted by Crippen LogP contribution is 2.23. The molecule has 0 radical (unpaired) electrons. The van der Waals surface area contributed by atoms with Gasteiger partial charge in [-0.1, -0.05) is 0 Å². The zero-order chi connectivity index (χ0) is 16.8. The van der Waals surface area contributed by atoms with Gasteiger partial charge in [-0.05, 0) is 19.1 Å². The Labute approximate surface area is 142 Å². The summed E-state index contributed by atoms with van der Waals surface area (Å²) in [4.78, 5) is 20.5. The quantitative estimate of drug-likeness (QED) is 0.724. The standard InChI is InChI=1S/C17H25N3O4/c1-2-22-16(21)5-6-19-7-9-20(10-8-19)14-3-4-15(18-13-14)17-23-11-12-24-17/h3-4,13,17H,2,5-12H2,1H3. The van der Waals surface area contributed by atoms with E-state index in [-0.39, 0.29) is 12.3 Å². The lowest BCUT2D eigenvalue weighted by Crippen LogP contribution is -2.47. The predicted molar refractivity (Wildman–Crippen MR) is 88.8 cm³/mol. The summed E-state index contributed by atoms with van der Waals surface area (Å²) in [5, 5.41) is 0. The molecule has 0 bridgehead atoms. The molecule has 2 fully saturated rings. The Kier molecular flexibility index (Phi) is 6.01. The van der Waals surface area contributed by atoms with Crippen molar-refractivity contribution in [3.05, 3.63) is 24.0 Å². The van der Waals surface area contributed by atoms with Gasteiger partial charge in [0.15, 0.2) is 0 Å². The SMILES string of the molecule is CCOC(=O)CCN1CCN(c2ccc(C3OCCO3)nc2)CC1. The van der Waals surface area contributed by atoms with E-state index in [0.717, 1.165) is 44.1 Å². The van der Waals surface area contributed by atoms with Crippen LogP contribution in [0.2, 0.25) is 0 Å². The fraction of sp³-hybridized carbons (Fsp3) is 0.647. The van der Waals surface area contributed by atoms with Crippen LogP contribution in [-0.2, 0) is 19.0 Å². The molecule has 7 nitrogen and oxygen atoms in total. The average molecular weight is 335 g/mol. The van der Waals surface area contributed by atoms with Gasteiger partial charge in [0, 0.05) is 32.7 Å². The monoisotopic (exact) mass is 335 g/mol. The van der Waals surface area contributed by atoms with Crippen LogP contribution < -0.4 is 4.90 Å². The highest BCUT2D eigenvalue weighted by atomic mass is 16.7. The first-order valence-corrected chi connectivity index (χ1v) is 8.58. The van der Waals surface area contributed by atoms with E-state index in [1.54, 1.807) is 0 Å². The maximum atomic E-state index is 11.4.